The molecule has 5 nitrogen and oxygen atoms in total. The van der Waals surface area contributed by atoms with Gasteiger partial charge in [-0.05, 0) is 51.0 Å². The molecular formula is C19H24N2O3S. The molecule has 0 N–H and O–H groups in total. The van der Waals surface area contributed by atoms with Gasteiger partial charge in [0, 0.05) is 18.7 Å². The Morgan fingerprint density at radius 2 is 1.92 bits per heavy atom. The lowest BCUT2D eigenvalue weighted by molar-refractivity contribution is 0.407. The molecule has 0 unspecified atom stereocenters. The van der Waals surface area contributed by atoms with Crippen molar-refractivity contribution in [1.29, 1.82) is 0 Å². The van der Waals surface area contributed by atoms with Gasteiger partial charge in [-0.25, -0.2) is 13.4 Å². The molecule has 0 fully saturated rings. The highest BCUT2D eigenvalue weighted by molar-refractivity contribution is 7.92. The minimum absolute atomic E-state index is 0.128. The number of hydrogen-bond acceptors (Lipinski definition) is 5. The molecule has 134 valence electrons. The van der Waals surface area contributed by atoms with Crippen molar-refractivity contribution in [3.05, 3.63) is 47.7 Å². The van der Waals surface area contributed by atoms with E-state index in [0.29, 0.717) is 0 Å². The first-order valence-electron chi connectivity index (χ1n) is 8.34. The molecule has 2 aromatic rings. The van der Waals surface area contributed by atoms with Gasteiger partial charge in [0.1, 0.15) is 5.75 Å². The van der Waals surface area contributed by atoms with E-state index in [1.54, 1.807) is 40.1 Å². The number of fused-ring (bicyclic) bond motifs is 1. The van der Waals surface area contributed by atoms with Crippen molar-refractivity contribution in [2.45, 2.75) is 43.5 Å². The lowest BCUT2D eigenvalue weighted by atomic mass is 9.98. The second-order valence-electron chi connectivity index (χ2n) is 7.24. The van der Waals surface area contributed by atoms with Crippen LogP contribution in [0, 0.1) is 0 Å². The number of hydrogen-bond donors (Lipinski definition) is 0. The van der Waals surface area contributed by atoms with E-state index >= 15 is 0 Å². The summed E-state index contributed by atoms with van der Waals surface area (Å²) >= 11 is 0. The molecular weight excluding hydrogens is 336 g/mol. The van der Waals surface area contributed by atoms with Gasteiger partial charge in [0.15, 0.2) is 14.9 Å². The van der Waals surface area contributed by atoms with Crippen molar-refractivity contribution in [2.24, 2.45) is 0 Å². The van der Waals surface area contributed by atoms with Crippen LogP contribution in [0.3, 0.4) is 0 Å². The molecule has 1 aromatic carbocycles. The Kier molecular flexibility index (Phi) is 4.49. The van der Waals surface area contributed by atoms with Crippen LogP contribution in [0.25, 0.3) is 0 Å². The lowest BCUT2D eigenvalue weighted by Gasteiger charge is -2.31. The number of nitrogens with zero attached hydrogens (tertiary/aromatic N) is 2. The van der Waals surface area contributed by atoms with Crippen LogP contribution in [0.5, 0.6) is 5.75 Å². The van der Waals surface area contributed by atoms with Crippen molar-refractivity contribution in [3.8, 4) is 5.75 Å². The first kappa shape index (κ1) is 17.7. The monoisotopic (exact) mass is 360 g/mol. The van der Waals surface area contributed by atoms with Crippen molar-refractivity contribution in [3.63, 3.8) is 0 Å². The van der Waals surface area contributed by atoms with Crippen LogP contribution in [-0.4, -0.2) is 31.8 Å². The summed E-state index contributed by atoms with van der Waals surface area (Å²) in [5, 5.41) is 0.128. The van der Waals surface area contributed by atoms with Crippen LogP contribution in [0.4, 0.5) is 5.69 Å². The molecule has 6 heteroatoms. The normalized spacial score (nSPS) is 15.0. The summed E-state index contributed by atoms with van der Waals surface area (Å²) in [5.41, 5.74) is 3.42. The Morgan fingerprint density at radius 1 is 1.16 bits per heavy atom. The number of rotatable bonds is 3. The Labute approximate surface area is 149 Å². The predicted molar refractivity (Wildman–Crippen MR) is 98.9 cm³/mol. The van der Waals surface area contributed by atoms with Gasteiger partial charge in [-0.1, -0.05) is 12.1 Å². The fourth-order valence-electron chi connectivity index (χ4n) is 3.02. The average molecular weight is 360 g/mol. The van der Waals surface area contributed by atoms with E-state index in [2.05, 4.69) is 16.0 Å². The number of ether oxygens (including phenoxy) is 1. The number of aromatic nitrogens is 1. The molecule has 0 saturated heterocycles. The molecule has 0 amide bonds. The molecule has 25 heavy (non-hydrogen) atoms. The maximum Gasteiger partial charge on any atom is 0.200 e. The summed E-state index contributed by atoms with van der Waals surface area (Å²) < 4.78 is 29.6. The molecule has 2 heterocycles. The summed E-state index contributed by atoms with van der Waals surface area (Å²) in [7, 11) is -1.73. The van der Waals surface area contributed by atoms with Crippen molar-refractivity contribution < 1.29 is 13.2 Å². The van der Waals surface area contributed by atoms with Crippen LogP contribution in [0.15, 0.2) is 41.6 Å². The minimum atomic E-state index is -3.43. The van der Waals surface area contributed by atoms with E-state index in [4.69, 9.17) is 4.74 Å². The number of anilines is 1. The van der Waals surface area contributed by atoms with Gasteiger partial charge in [-0.2, -0.15) is 0 Å². The fourth-order valence-corrected chi connectivity index (χ4v) is 4.08. The Morgan fingerprint density at radius 3 is 2.52 bits per heavy atom. The summed E-state index contributed by atoms with van der Waals surface area (Å²) in [6, 6.07) is 9.55. The molecule has 1 aliphatic heterocycles. The highest BCUT2D eigenvalue weighted by atomic mass is 32.2. The molecule has 0 saturated carbocycles. The van der Waals surface area contributed by atoms with E-state index in [1.165, 1.54) is 11.1 Å². The molecule has 0 spiro atoms. The van der Waals surface area contributed by atoms with Crippen LogP contribution in [0.1, 0.15) is 31.9 Å². The van der Waals surface area contributed by atoms with Crippen LogP contribution < -0.4 is 9.64 Å². The van der Waals surface area contributed by atoms with Gasteiger partial charge in [0.2, 0.25) is 0 Å². The van der Waals surface area contributed by atoms with Crippen LogP contribution in [-0.2, 0) is 22.8 Å². The third-order valence-corrected chi connectivity index (χ3v) is 7.01. The van der Waals surface area contributed by atoms with E-state index in [1.807, 2.05) is 18.2 Å². The number of methoxy groups -OCH3 is 1. The van der Waals surface area contributed by atoms with Crippen LogP contribution in [0.2, 0.25) is 0 Å². The quantitative estimate of drug-likeness (QED) is 0.841. The maximum atomic E-state index is 12.5. The van der Waals surface area contributed by atoms with E-state index < -0.39 is 14.6 Å². The first-order chi connectivity index (χ1) is 11.7. The minimum Gasteiger partial charge on any atom is -0.496 e. The lowest BCUT2D eigenvalue weighted by Crippen LogP contribution is -2.31. The largest absolute Gasteiger partial charge is 0.496 e. The third kappa shape index (κ3) is 3.23. The Bertz CT molecular complexity index is 869. The van der Waals surface area contributed by atoms with E-state index in [9.17, 15) is 8.42 Å². The zero-order valence-corrected chi connectivity index (χ0v) is 15.9. The second kappa shape index (κ2) is 6.33. The molecule has 1 aromatic heterocycles. The first-order valence-corrected chi connectivity index (χ1v) is 9.83. The maximum absolute atomic E-state index is 12.5. The van der Waals surface area contributed by atoms with Gasteiger partial charge in [-0.15, -0.1) is 0 Å². The van der Waals surface area contributed by atoms with Gasteiger partial charge in [0.25, 0.3) is 0 Å². The Balaban J connectivity index is 1.85. The van der Waals surface area contributed by atoms with Crippen molar-refractivity contribution in [1.82, 2.24) is 4.98 Å². The third-order valence-electron chi connectivity index (χ3n) is 4.61. The van der Waals surface area contributed by atoms with Gasteiger partial charge in [-0.3, -0.25) is 0 Å². The van der Waals surface area contributed by atoms with Gasteiger partial charge < -0.3 is 9.64 Å². The molecule has 1 aliphatic rings. The topological polar surface area (TPSA) is 59.5 Å². The summed E-state index contributed by atoms with van der Waals surface area (Å²) in [6.45, 7) is 6.67. The zero-order valence-electron chi connectivity index (χ0n) is 15.1. The zero-order chi connectivity index (χ0) is 18.2. The number of sulfone groups is 1. The molecule has 0 aliphatic carbocycles. The highest BCUT2D eigenvalue weighted by Gasteiger charge is 2.32. The average Bonchev–Trinajstić information content (AvgIpc) is 2.59. The Hall–Kier alpha value is -2.08. The molecule has 0 radical (unpaired) electrons. The number of pyridine rings is 1. The van der Waals surface area contributed by atoms with E-state index in [0.717, 1.165) is 30.9 Å². The van der Waals surface area contributed by atoms with Crippen LogP contribution >= 0.6 is 0 Å². The predicted octanol–water partition coefficient (Wildman–Crippen LogP) is 3.23. The molecule has 0 atom stereocenters. The second-order valence-corrected chi connectivity index (χ2v) is 9.89. The number of benzene rings is 1. The SMILES string of the molecule is COc1cccc2c1CCN(c1ccc(S(=O)(=O)C(C)(C)C)nc1)C2. The summed E-state index contributed by atoms with van der Waals surface area (Å²) in [4.78, 5) is 6.44. The smallest absolute Gasteiger partial charge is 0.200 e. The molecule has 3 rings (SSSR count). The standard InChI is InChI=1S/C19H24N2O3S/c1-19(2,3)25(22,23)18-9-8-15(12-20-18)21-11-10-16-14(13-21)6-5-7-17(16)24-4/h5-9,12H,10-11,13H2,1-4H3. The highest BCUT2D eigenvalue weighted by Crippen LogP contribution is 2.31. The summed E-state index contributed by atoms with van der Waals surface area (Å²) in [5.74, 6) is 0.932. The summed E-state index contributed by atoms with van der Waals surface area (Å²) in [6.07, 6.45) is 2.55. The fraction of sp³-hybridized carbons (Fsp3) is 0.421. The van der Waals surface area contributed by atoms with Gasteiger partial charge >= 0.3 is 0 Å². The van der Waals surface area contributed by atoms with Gasteiger partial charge in [0.05, 0.1) is 23.7 Å². The van der Waals surface area contributed by atoms with E-state index in [-0.39, 0.29) is 5.03 Å². The van der Waals surface area contributed by atoms with Crippen molar-refractivity contribution in [2.75, 3.05) is 18.6 Å². The van der Waals surface area contributed by atoms with Crippen molar-refractivity contribution >= 4 is 15.5 Å². The molecule has 0 bridgehead atoms.